The molecule has 0 N–H and O–H groups in total. The molecule has 0 heterocycles. The van der Waals surface area contributed by atoms with Crippen LogP contribution in [-0.2, 0) is 19.1 Å². The van der Waals surface area contributed by atoms with Crippen molar-refractivity contribution in [3.63, 3.8) is 0 Å². The third kappa shape index (κ3) is 4.23. The van der Waals surface area contributed by atoms with Gasteiger partial charge in [-0.3, -0.25) is 14.4 Å². The second-order valence-electron chi connectivity index (χ2n) is 11.5. The van der Waals surface area contributed by atoms with Crippen molar-refractivity contribution >= 4 is 17.5 Å². The minimum Gasteiger partial charge on any atom is -0.462 e. The lowest BCUT2D eigenvalue weighted by Crippen LogP contribution is -2.53. The third-order valence-electron chi connectivity index (χ3n) is 9.64. The van der Waals surface area contributed by atoms with Crippen LogP contribution in [0.2, 0.25) is 0 Å². The van der Waals surface area contributed by atoms with Crippen LogP contribution in [0.5, 0.6) is 0 Å². The Morgan fingerprint density at radius 3 is 2.44 bits per heavy atom. The van der Waals surface area contributed by atoms with E-state index in [-0.39, 0.29) is 40.5 Å². The molecule has 0 saturated heterocycles. The Labute approximate surface area is 193 Å². The van der Waals surface area contributed by atoms with Gasteiger partial charge in [-0.15, -0.1) is 0 Å². The number of ketones is 2. The highest BCUT2D eigenvalue weighted by Gasteiger charge is 2.61. The molecular formula is C28H42O4. The van der Waals surface area contributed by atoms with Gasteiger partial charge in [-0.2, -0.15) is 0 Å². The highest BCUT2D eigenvalue weighted by Crippen LogP contribution is 2.63. The molecule has 0 spiro atoms. The van der Waals surface area contributed by atoms with Gasteiger partial charge in [0.1, 0.15) is 11.9 Å². The van der Waals surface area contributed by atoms with Crippen LogP contribution < -0.4 is 0 Å². The molecule has 4 aliphatic carbocycles. The fraction of sp³-hybridized carbons (Fsp3) is 0.821. The van der Waals surface area contributed by atoms with Gasteiger partial charge in [-0.05, 0) is 61.9 Å². The normalized spacial score (nSPS) is 38.5. The molecular weight excluding hydrogens is 400 g/mol. The van der Waals surface area contributed by atoms with E-state index in [1.165, 1.54) is 31.3 Å². The topological polar surface area (TPSA) is 60.4 Å². The van der Waals surface area contributed by atoms with Crippen LogP contribution in [0.1, 0.15) is 111 Å². The van der Waals surface area contributed by atoms with E-state index in [9.17, 15) is 14.4 Å². The Morgan fingerprint density at radius 2 is 1.66 bits per heavy atom. The van der Waals surface area contributed by atoms with E-state index in [1.807, 2.05) is 6.08 Å². The molecule has 32 heavy (non-hydrogen) atoms. The third-order valence-corrected chi connectivity index (χ3v) is 9.64. The molecule has 3 saturated carbocycles. The van der Waals surface area contributed by atoms with Crippen molar-refractivity contribution in [2.24, 2.45) is 28.6 Å². The number of allylic oxidation sites excluding steroid dienone is 1. The van der Waals surface area contributed by atoms with E-state index in [0.29, 0.717) is 31.0 Å². The molecule has 0 radical (unpaired) electrons. The number of unbranched alkanes of at least 4 members (excludes halogenated alkanes) is 5. The number of esters is 1. The van der Waals surface area contributed by atoms with Crippen molar-refractivity contribution in [2.45, 2.75) is 117 Å². The Hall–Kier alpha value is -1.45. The summed E-state index contributed by atoms with van der Waals surface area (Å²) in [7, 11) is 0. The van der Waals surface area contributed by atoms with Gasteiger partial charge in [-0.25, -0.2) is 0 Å². The summed E-state index contributed by atoms with van der Waals surface area (Å²) in [6, 6.07) is 0. The molecule has 6 atom stereocenters. The predicted octanol–water partition coefficient (Wildman–Crippen LogP) is 6.36. The minimum atomic E-state index is -0.290. The highest BCUT2D eigenvalue weighted by atomic mass is 16.5. The smallest absolute Gasteiger partial charge is 0.306 e. The highest BCUT2D eigenvalue weighted by molar-refractivity contribution is 5.96. The standard InChI is InChI=1S/C28H42O4/c1-4-5-6-7-8-9-10-25(31)32-20-13-15-27(2)19(17-20)18-23(29)26-21-11-12-24(30)28(21,3)16-14-22(26)27/h18,20-22,26H,4-17H2,1-3H3/t20-,21-,22-,26-,27-,28-/m0/s1. The molecule has 178 valence electrons. The van der Waals surface area contributed by atoms with Crippen molar-refractivity contribution < 1.29 is 19.1 Å². The monoisotopic (exact) mass is 442 g/mol. The number of Topliss-reactive ketones (excluding diaryl/α,β-unsaturated/α-hetero) is 1. The summed E-state index contributed by atoms with van der Waals surface area (Å²) in [5.41, 5.74) is 0.913. The lowest BCUT2D eigenvalue weighted by atomic mass is 9.48. The predicted molar refractivity (Wildman–Crippen MR) is 125 cm³/mol. The van der Waals surface area contributed by atoms with Gasteiger partial charge in [0.25, 0.3) is 0 Å². The quantitative estimate of drug-likeness (QED) is 0.324. The molecule has 0 aromatic heterocycles. The summed E-state index contributed by atoms with van der Waals surface area (Å²) in [4.78, 5) is 38.3. The number of fused-ring (bicyclic) bond motifs is 5. The van der Waals surface area contributed by atoms with Gasteiger partial charge in [0.2, 0.25) is 0 Å². The molecule has 0 amide bonds. The maximum Gasteiger partial charge on any atom is 0.306 e. The number of carbonyl (C=O) groups is 3. The van der Waals surface area contributed by atoms with Crippen molar-refractivity contribution in [1.82, 2.24) is 0 Å². The molecule has 4 heteroatoms. The van der Waals surface area contributed by atoms with Crippen LogP contribution in [0, 0.1) is 28.6 Å². The summed E-state index contributed by atoms with van der Waals surface area (Å²) in [6.07, 6.45) is 15.3. The maximum atomic E-state index is 13.3. The fourth-order valence-corrected chi connectivity index (χ4v) is 7.54. The molecule has 3 fully saturated rings. The van der Waals surface area contributed by atoms with E-state index < -0.39 is 0 Å². The summed E-state index contributed by atoms with van der Waals surface area (Å²) < 4.78 is 5.85. The van der Waals surface area contributed by atoms with Crippen LogP contribution in [0.15, 0.2) is 11.6 Å². The second-order valence-corrected chi connectivity index (χ2v) is 11.5. The Bertz CT molecular complexity index is 782. The fourth-order valence-electron chi connectivity index (χ4n) is 7.54. The molecule has 4 rings (SSSR count). The average molecular weight is 443 g/mol. The number of hydrogen-bond acceptors (Lipinski definition) is 4. The van der Waals surface area contributed by atoms with Gasteiger partial charge >= 0.3 is 5.97 Å². The molecule has 0 bridgehead atoms. The summed E-state index contributed by atoms with van der Waals surface area (Å²) in [6.45, 7) is 6.65. The Kier molecular flexibility index (Phi) is 6.98. The van der Waals surface area contributed by atoms with Crippen molar-refractivity contribution in [3.8, 4) is 0 Å². The molecule has 0 aliphatic heterocycles. The van der Waals surface area contributed by atoms with Crippen LogP contribution in [-0.4, -0.2) is 23.6 Å². The summed E-state index contributed by atoms with van der Waals surface area (Å²) >= 11 is 0. The molecule has 0 aromatic carbocycles. The van der Waals surface area contributed by atoms with Crippen LogP contribution in [0.3, 0.4) is 0 Å². The molecule has 0 unspecified atom stereocenters. The maximum absolute atomic E-state index is 13.3. The van der Waals surface area contributed by atoms with Crippen molar-refractivity contribution in [1.29, 1.82) is 0 Å². The Balaban J connectivity index is 1.36. The molecule has 0 aromatic rings. The van der Waals surface area contributed by atoms with Gasteiger partial charge in [0.15, 0.2) is 5.78 Å². The Morgan fingerprint density at radius 1 is 0.969 bits per heavy atom. The lowest BCUT2D eigenvalue weighted by molar-refractivity contribution is -0.152. The number of carbonyl (C=O) groups excluding carboxylic acids is 3. The zero-order valence-corrected chi connectivity index (χ0v) is 20.4. The van der Waals surface area contributed by atoms with Crippen LogP contribution in [0.4, 0.5) is 0 Å². The van der Waals surface area contributed by atoms with E-state index >= 15 is 0 Å². The van der Waals surface area contributed by atoms with Gasteiger partial charge < -0.3 is 4.74 Å². The van der Waals surface area contributed by atoms with Gasteiger partial charge in [0.05, 0.1) is 0 Å². The summed E-state index contributed by atoms with van der Waals surface area (Å²) in [5.74, 6) is 1.07. The summed E-state index contributed by atoms with van der Waals surface area (Å²) in [5, 5.41) is 0. The minimum absolute atomic E-state index is 0.000702. The zero-order chi connectivity index (χ0) is 22.9. The van der Waals surface area contributed by atoms with Gasteiger partial charge in [0, 0.05) is 30.6 Å². The first-order valence-electron chi connectivity index (χ1n) is 13.3. The molecule has 4 aliphatic rings. The largest absolute Gasteiger partial charge is 0.462 e. The number of rotatable bonds is 8. The van der Waals surface area contributed by atoms with E-state index in [1.54, 1.807) is 0 Å². The van der Waals surface area contributed by atoms with Gasteiger partial charge in [-0.1, -0.05) is 58.4 Å². The van der Waals surface area contributed by atoms with Crippen molar-refractivity contribution in [3.05, 3.63) is 11.6 Å². The van der Waals surface area contributed by atoms with E-state index in [2.05, 4.69) is 20.8 Å². The molecule has 4 nitrogen and oxygen atoms in total. The SMILES string of the molecule is CCCCCCCCC(=O)O[C@H]1CC[C@@]2(C)C(=CC(=O)[C@@H]3[C@@H]2CC[C@]2(C)C(=O)CC[C@@H]32)C1. The van der Waals surface area contributed by atoms with Crippen molar-refractivity contribution in [2.75, 3.05) is 0 Å². The number of hydrogen-bond donors (Lipinski definition) is 0. The number of ether oxygens (including phenoxy) is 1. The second kappa shape index (κ2) is 9.43. The van der Waals surface area contributed by atoms with E-state index in [4.69, 9.17) is 4.74 Å². The van der Waals surface area contributed by atoms with E-state index in [0.717, 1.165) is 44.9 Å². The first-order chi connectivity index (χ1) is 15.3. The average Bonchev–Trinajstić information content (AvgIpc) is 3.06. The lowest BCUT2D eigenvalue weighted by Gasteiger charge is -2.56. The van der Waals surface area contributed by atoms with Crippen LogP contribution >= 0.6 is 0 Å². The first-order valence-corrected chi connectivity index (χ1v) is 13.3. The first kappa shape index (κ1) is 23.7. The van der Waals surface area contributed by atoms with Crippen LogP contribution in [0.25, 0.3) is 0 Å². The zero-order valence-electron chi connectivity index (χ0n) is 20.4.